The molecule has 24 heavy (non-hydrogen) atoms. The first-order valence-corrected chi connectivity index (χ1v) is 9.35. The predicted octanol–water partition coefficient (Wildman–Crippen LogP) is 3.01. The summed E-state index contributed by atoms with van der Waals surface area (Å²) in [7, 11) is 1.90. The zero-order chi connectivity index (χ0) is 16.8. The van der Waals surface area contributed by atoms with E-state index >= 15 is 0 Å². The highest BCUT2D eigenvalue weighted by Crippen LogP contribution is 2.19. The number of likely N-dealkylation sites (N-methyl/N-ethyl adjacent to an activating group) is 1. The van der Waals surface area contributed by atoms with E-state index in [1.807, 2.05) is 30.1 Å². The van der Waals surface area contributed by atoms with E-state index in [0.717, 1.165) is 30.2 Å². The summed E-state index contributed by atoms with van der Waals surface area (Å²) in [5, 5.41) is 3.93. The van der Waals surface area contributed by atoms with Gasteiger partial charge in [-0.25, -0.2) is 4.98 Å². The number of rotatable bonds is 6. The Labute approximate surface area is 147 Å². The van der Waals surface area contributed by atoms with E-state index in [0.29, 0.717) is 12.6 Å². The first kappa shape index (κ1) is 16.9. The molecule has 128 valence electrons. The number of amides is 1. The van der Waals surface area contributed by atoms with Crippen molar-refractivity contribution in [1.82, 2.24) is 14.7 Å². The number of benzene rings is 1. The van der Waals surface area contributed by atoms with Crippen LogP contribution in [0.15, 0.2) is 30.3 Å². The Morgan fingerprint density at radius 1 is 1.25 bits per heavy atom. The Bertz CT molecular complexity index is 652. The third-order valence-electron chi connectivity index (χ3n) is 4.34. The summed E-state index contributed by atoms with van der Waals surface area (Å²) in [6, 6.07) is 10.5. The van der Waals surface area contributed by atoms with Gasteiger partial charge >= 0.3 is 0 Å². The first-order chi connectivity index (χ1) is 11.7. The molecular formula is C18H24N4OS. The van der Waals surface area contributed by atoms with Crippen molar-refractivity contribution in [3.8, 4) is 0 Å². The average molecular weight is 344 g/mol. The molecular weight excluding hydrogens is 320 g/mol. The van der Waals surface area contributed by atoms with Crippen molar-refractivity contribution < 1.29 is 4.79 Å². The monoisotopic (exact) mass is 344 g/mol. The average Bonchev–Trinajstić information content (AvgIpc) is 3.05. The molecule has 0 atom stereocenters. The maximum atomic E-state index is 12.2. The van der Waals surface area contributed by atoms with E-state index in [2.05, 4.69) is 26.8 Å². The fraction of sp³-hybridized carbons (Fsp3) is 0.500. The summed E-state index contributed by atoms with van der Waals surface area (Å²) in [6.45, 7) is 0.330. The van der Waals surface area contributed by atoms with Crippen LogP contribution in [0.1, 0.15) is 43.5 Å². The maximum absolute atomic E-state index is 12.2. The molecule has 1 aliphatic carbocycles. The van der Waals surface area contributed by atoms with Crippen molar-refractivity contribution >= 4 is 22.6 Å². The van der Waals surface area contributed by atoms with Gasteiger partial charge in [-0.3, -0.25) is 4.79 Å². The van der Waals surface area contributed by atoms with Crippen molar-refractivity contribution in [1.29, 1.82) is 0 Å². The zero-order valence-corrected chi connectivity index (χ0v) is 14.9. The van der Waals surface area contributed by atoms with E-state index in [4.69, 9.17) is 0 Å². The van der Waals surface area contributed by atoms with E-state index in [-0.39, 0.29) is 5.91 Å². The molecule has 5 nitrogen and oxygen atoms in total. The molecule has 1 amide bonds. The SMILES string of the molecule is CN(CC(=O)NC1CCCCC1)c1nc(Cc2ccccc2)ns1. The number of hydrogen-bond acceptors (Lipinski definition) is 5. The van der Waals surface area contributed by atoms with Crippen LogP contribution in [0.25, 0.3) is 0 Å². The van der Waals surface area contributed by atoms with Crippen LogP contribution in [0.3, 0.4) is 0 Å². The van der Waals surface area contributed by atoms with Crippen LogP contribution in [0.5, 0.6) is 0 Å². The summed E-state index contributed by atoms with van der Waals surface area (Å²) in [4.78, 5) is 18.6. The smallest absolute Gasteiger partial charge is 0.239 e. The molecule has 1 heterocycles. The molecule has 0 bridgehead atoms. The molecule has 1 aromatic heterocycles. The lowest BCUT2D eigenvalue weighted by Gasteiger charge is -2.24. The van der Waals surface area contributed by atoms with Gasteiger partial charge in [0.15, 0.2) is 0 Å². The molecule has 0 spiro atoms. The van der Waals surface area contributed by atoms with Crippen molar-refractivity contribution in [3.05, 3.63) is 41.7 Å². The number of nitrogens with one attached hydrogen (secondary N) is 1. The van der Waals surface area contributed by atoms with Gasteiger partial charge in [0.25, 0.3) is 0 Å². The second-order valence-electron chi connectivity index (χ2n) is 6.41. The summed E-state index contributed by atoms with van der Waals surface area (Å²) in [5.74, 6) is 0.880. The van der Waals surface area contributed by atoms with Crippen LogP contribution in [-0.4, -0.2) is 34.9 Å². The Hall–Kier alpha value is -1.95. The normalized spacial score (nSPS) is 15.2. The molecule has 0 saturated heterocycles. The van der Waals surface area contributed by atoms with Gasteiger partial charge in [0.05, 0.1) is 6.54 Å². The second kappa shape index (κ2) is 8.24. The van der Waals surface area contributed by atoms with Crippen LogP contribution < -0.4 is 10.2 Å². The minimum Gasteiger partial charge on any atom is -0.352 e. The number of aromatic nitrogens is 2. The molecule has 0 unspecified atom stereocenters. The van der Waals surface area contributed by atoms with Crippen molar-refractivity contribution in [2.24, 2.45) is 0 Å². The van der Waals surface area contributed by atoms with Gasteiger partial charge < -0.3 is 10.2 Å². The van der Waals surface area contributed by atoms with E-state index < -0.39 is 0 Å². The topological polar surface area (TPSA) is 58.1 Å². The highest BCUT2D eigenvalue weighted by atomic mass is 32.1. The lowest BCUT2D eigenvalue weighted by molar-refractivity contribution is -0.120. The Kier molecular flexibility index (Phi) is 5.80. The van der Waals surface area contributed by atoms with E-state index in [9.17, 15) is 4.79 Å². The zero-order valence-electron chi connectivity index (χ0n) is 14.1. The van der Waals surface area contributed by atoms with Crippen molar-refractivity contribution in [3.63, 3.8) is 0 Å². The lowest BCUT2D eigenvalue weighted by atomic mass is 9.95. The van der Waals surface area contributed by atoms with Crippen LogP contribution in [-0.2, 0) is 11.2 Å². The summed E-state index contributed by atoms with van der Waals surface area (Å²) in [6.07, 6.45) is 6.67. The van der Waals surface area contributed by atoms with E-state index in [1.165, 1.54) is 36.4 Å². The summed E-state index contributed by atoms with van der Waals surface area (Å²) in [5.41, 5.74) is 1.19. The molecule has 6 heteroatoms. The molecule has 1 N–H and O–H groups in total. The lowest BCUT2D eigenvalue weighted by Crippen LogP contribution is -2.41. The number of anilines is 1. The second-order valence-corrected chi connectivity index (χ2v) is 7.14. The van der Waals surface area contributed by atoms with Gasteiger partial charge in [0.1, 0.15) is 5.82 Å². The summed E-state index contributed by atoms with van der Waals surface area (Å²) >= 11 is 1.35. The largest absolute Gasteiger partial charge is 0.352 e. The molecule has 1 saturated carbocycles. The van der Waals surface area contributed by atoms with Gasteiger partial charge in [0.2, 0.25) is 11.0 Å². The highest BCUT2D eigenvalue weighted by molar-refractivity contribution is 7.09. The maximum Gasteiger partial charge on any atom is 0.239 e. The highest BCUT2D eigenvalue weighted by Gasteiger charge is 2.18. The van der Waals surface area contributed by atoms with Crippen molar-refractivity contribution in [2.45, 2.75) is 44.6 Å². The third kappa shape index (κ3) is 4.77. The minimum absolute atomic E-state index is 0.0733. The van der Waals surface area contributed by atoms with E-state index in [1.54, 1.807) is 0 Å². The Balaban J connectivity index is 1.51. The number of carbonyl (C=O) groups is 1. The van der Waals surface area contributed by atoms with Gasteiger partial charge in [-0.15, -0.1) is 0 Å². The van der Waals surface area contributed by atoms with Crippen LogP contribution in [0.4, 0.5) is 5.13 Å². The van der Waals surface area contributed by atoms with Gasteiger partial charge in [0, 0.05) is 31.0 Å². The minimum atomic E-state index is 0.0733. The van der Waals surface area contributed by atoms with Crippen LogP contribution in [0, 0.1) is 0 Å². The number of hydrogen-bond donors (Lipinski definition) is 1. The molecule has 2 aromatic rings. The fourth-order valence-electron chi connectivity index (χ4n) is 3.05. The van der Waals surface area contributed by atoms with Gasteiger partial charge in [-0.05, 0) is 18.4 Å². The molecule has 0 aliphatic heterocycles. The molecule has 0 radical (unpaired) electrons. The molecule has 3 rings (SSSR count). The first-order valence-electron chi connectivity index (χ1n) is 8.58. The van der Waals surface area contributed by atoms with Crippen molar-refractivity contribution in [2.75, 3.05) is 18.5 Å². The van der Waals surface area contributed by atoms with Gasteiger partial charge in [-0.1, -0.05) is 49.6 Å². The Morgan fingerprint density at radius 2 is 2.00 bits per heavy atom. The molecule has 1 aliphatic rings. The molecule has 1 fully saturated rings. The summed E-state index contributed by atoms with van der Waals surface area (Å²) < 4.78 is 4.41. The number of nitrogens with zero attached hydrogens (tertiary/aromatic N) is 3. The fourth-order valence-corrected chi connectivity index (χ4v) is 3.70. The third-order valence-corrected chi connectivity index (χ3v) is 5.21. The standard InChI is InChI=1S/C18H24N4OS/c1-22(13-17(23)19-15-10-6-3-7-11-15)18-20-16(21-24-18)12-14-8-4-2-5-9-14/h2,4-5,8-9,15H,3,6-7,10-13H2,1H3,(H,19,23). The Morgan fingerprint density at radius 3 is 2.75 bits per heavy atom. The van der Waals surface area contributed by atoms with Crippen LogP contribution in [0.2, 0.25) is 0 Å². The van der Waals surface area contributed by atoms with Crippen LogP contribution >= 0.6 is 11.5 Å². The quantitative estimate of drug-likeness (QED) is 0.875. The predicted molar refractivity (Wildman–Crippen MR) is 97.4 cm³/mol. The number of carbonyl (C=O) groups excluding carboxylic acids is 1. The molecule has 1 aromatic carbocycles. The van der Waals surface area contributed by atoms with Gasteiger partial charge in [-0.2, -0.15) is 4.37 Å².